The van der Waals surface area contributed by atoms with Crippen molar-refractivity contribution in [1.82, 2.24) is 14.6 Å². The Balaban J connectivity index is 1.86. The Labute approximate surface area is 134 Å². The van der Waals surface area contributed by atoms with Crippen molar-refractivity contribution in [2.75, 3.05) is 5.32 Å². The van der Waals surface area contributed by atoms with Crippen molar-refractivity contribution in [3.8, 4) is 0 Å². The number of hydrogen-bond acceptors (Lipinski definition) is 3. The first-order valence-electron chi connectivity index (χ1n) is 7.82. The van der Waals surface area contributed by atoms with Crippen LogP contribution in [0.3, 0.4) is 0 Å². The predicted octanol–water partition coefficient (Wildman–Crippen LogP) is 3.01. The third-order valence-electron chi connectivity index (χ3n) is 4.35. The highest BCUT2D eigenvalue weighted by Gasteiger charge is 2.31. The van der Waals surface area contributed by atoms with Crippen LogP contribution in [0, 0.1) is 13.8 Å². The van der Waals surface area contributed by atoms with Crippen LogP contribution in [-0.2, 0) is 11.2 Å². The molecule has 116 valence electrons. The van der Waals surface area contributed by atoms with Gasteiger partial charge in [0.25, 0.3) is 0 Å². The number of fused-ring (bicyclic) bond motifs is 3. The van der Waals surface area contributed by atoms with Crippen molar-refractivity contribution in [1.29, 1.82) is 0 Å². The number of hydrogen-bond donors (Lipinski definition) is 1. The van der Waals surface area contributed by atoms with Crippen LogP contribution in [0.15, 0.2) is 36.4 Å². The molecule has 2 aromatic heterocycles. The number of nitrogens with one attached hydrogen (secondary N) is 1. The van der Waals surface area contributed by atoms with Gasteiger partial charge in [-0.1, -0.05) is 30.3 Å². The molecule has 0 spiro atoms. The fraction of sp³-hybridized carbons (Fsp3) is 0.278. The van der Waals surface area contributed by atoms with Gasteiger partial charge in [-0.15, -0.1) is 5.10 Å². The van der Waals surface area contributed by atoms with E-state index in [0.717, 1.165) is 29.0 Å². The van der Waals surface area contributed by atoms with E-state index in [-0.39, 0.29) is 11.8 Å². The molecular weight excluding hydrogens is 288 g/mol. The van der Waals surface area contributed by atoms with Crippen molar-refractivity contribution >= 4 is 17.4 Å². The topological polar surface area (TPSA) is 59.3 Å². The zero-order chi connectivity index (χ0) is 16.0. The Bertz CT molecular complexity index is 898. The molecule has 0 saturated carbocycles. The number of anilines is 1. The van der Waals surface area contributed by atoms with Gasteiger partial charge in [0.05, 0.1) is 0 Å². The van der Waals surface area contributed by atoms with Crippen molar-refractivity contribution in [2.45, 2.75) is 32.6 Å². The van der Waals surface area contributed by atoms with E-state index in [0.29, 0.717) is 12.2 Å². The molecule has 1 aliphatic heterocycles. The van der Waals surface area contributed by atoms with Gasteiger partial charge in [0, 0.05) is 29.3 Å². The van der Waals surface area contributed by atoms with Crippen LogP contribution in [0.4, 0.5) is 5.82 Å². The van der Waals surface area contributed by atoms with E-state index in [1.54, 1.807) is 0 Å². The lowest BCUT2D eigenvalue weighted by Gasteiger charge is -2.21. The maximum Gasteiger partial charge on any atom is 0.226 e. The summed E-state index contributed by atoms with van der Waals surface area (Å²) in [6, 6.07) is 12.3. The van der Waals surface area contributed by atoms with E-state index in [1.807, 2.05) is 42.6 Å². The fourth-order valence-corrected chi connectivity index (χ4v) is 3.39. The number of amides is 1. The Morgan fingerprint density at radius 3 is 2.83 bits per heavy atom. The highest BCUT2D eigenvalue weighted by atomic mass is 16.1. The quantitative estimate of drug-likeness (QED) is 0.791. The first-order chi connectivity index (χ1) is 11.1. The number of carbonyl (C=O) groups excluding carboxylic acids is 1. The summed E-state index contributed by atoms with van der Waals surface area (Å²) in [5.74, 6) is 0.784. The largest absolute Gasteiger partial charge is 0.309 e. The van der Waals surface area contributed by atoms with Gasteiger partial charge >= 0.3 is 0 Å². The molecule has 3 aromatic rings. The molecular formula is C18H18N4O. The maximum atomic E-state index is 12.1. The Kier molecular flexibility index (Phi) is 3.15. The molecule has 4 rings (SSSR count). The highest BCUT2D eigenvalue weighted by molar-refractivity contribution is 5.95. The number of benzene rings is 1. The molecule has 1 atom stereocenters. The van der Waals surface area contributed by atoms with Gasteiger partial charge in [0.1, 0.15) is 0 Å². The van der Waals surface area contributed by atoms with E-state index in [4.69, 9.17) is 0 Å². The minimum absolute atomic E-state index is 0.0243. The van der Waals surface area contributed by atoms with E-state index >= 15 is 0 Å². The molecule has 23 heavy (non-hydrogen) atoms. The van der Waals surface area contributed by atoms with Crippen molar-refractivity contribution in [2.24, 2.45) is 0 Å². The SMILES string of the molecule is Cc1cc(C)n2nc3c(c2n1)C(Cc1ccccc1)CC(=O)N3. The van der Waals surface area contributed by atoms with Crippen LogP contribution >= 0.6 is 0 Å². The van der Waals surface area contributed by atoms with E-state index in [1.165, 1.54) is 5.56 Å². The second-order valence-corrected chi connectivity index (χ2v) is 6.18. The molecule has 0 bridgehead atoms. The lowest BCUT2D eigenvalue weighted by molar-refractivity contribution is -0.116. The third-order valence-corrected chi connectivity index (χ3v) is 4.35. The molecule has 0 saturated heterocycles. The zero-order valence-corrected chi connectivity index (χ0v) is 13.2. The average Bonchev–Trinajstić information content (AvgIpc) is 2.87. The molecule has 0 fully saturated rings. The van der Waals surface area contributed by atoms with E-state index in [9.17, 15) is 4.79 Å². The summed E-state index contributed by atoms with van der Waals surface area (Å²) in [5, 5.41) is 7.46. The van der Waals surface area contributed by atoms with Gasteiger partial charge < -0.3 is 5.32 Å². The summed E-state index contributed by atoms with van der Waals surface area (Å²) < 4.78 is 1.83. The van der Waals surface area contributed by atoms with Gasteiger partial charge in [-0.05, 0) is 31.9 Å². The van der Waals surface area contributed by atoms with E-state index < -0.39 is 0 Å². The smallest absolute Gasteiger partial charge is 0.226 e. The molecule has 5 heteroatoms. The van der Waals surface area contributed by atoms with Crippen LogP contribution < -0.4 is 5.32 Å². The van der Waals surface area contributed by atoms with Crippen molar-refractivity contribution in [3.05, 3.63) is 58.9 Å². The molecule has 0 radical (unpaired) electrons. The van der Waals surface area contributed by atoms with Crippen molar-refractivity contribution in [3.63, 3.8) is 0 Å². The van der Waals surface area contributed by atoms with Crippen LogP contribution in [-0.4, -0.2) is 20.5 Å². The van der Waals surface area contributed by atoms with Gasteiger partial charge in [-0.2, -0.15) is 0 Å². The molecule has 0 aliphatic carbocycles. The molecule has 1 unspecified atom stereocenters. The van der Waals surface area contributed by atoms with Gasteiger partial charge in [0.15, 0.2) is 11.5 Å². The average molecular weight is 306 g/mol. The molecule has 5 nitrogen and oxygen atoms in total. The zero-order valence-electron chi connectivity index (χ0n) is 13.2. The summed E-state index contributed by atoms with van der Waals surface area (Å²) in [6.07, 6.45) is 1.29. The Hall–Kier alpha value is -2.69. The number of nitrogens with zero attached hydrogens (tertiary/aromatic N) is 3. The van der Waals surface area contributed by atoms with Gasteiger partial charge in [-0.25, -0.2) is 9.50 Å². The van der Waals surface area contributed by atoms with Crippen LogP contribution in [0.5, 0.6) is 0 Å². The summed E-state index contributed by atoms with van der Waals surface area (Å²) in [4.78, 5) is 16.8. The van der Waals surface area contributed by atoms with Crippen molar-refractivity contribution < 1.29 is 4.79 Å². The lowest BCUT2D eigenvalue weighted by atomic mass is 9.88. The third kappa shape index (κ3) is 2.38. The number of aryl methyl sites for hydroxylation is 2. The summed E-state index contributed by atoms with van der Waals surface area (Å²) in [5.41, 5.74) is 5.13. The lowest BCUT2D eigenvalue weighted by Crippen LogP contribution is -2.23. The summed E-state index contributed by atoms with van der Waals surface area (Å²) >= 11 is 0. The number of carbonyl (C=O) groups is 1. The minimum Gasteiger partial charge on any atom is -0.309 e. The molecule has 1 amide bonds. The number of rotatable bonds is 2. The molecule has 3 heterocycles. The second-order valence-electron chi connectivity index (χ2n) is 6.18. The first kappa shape index (κ1) is 13.9. The van der Waals surface area contributed by atoms with E-state index in [2.05, 4.69) is 27.5 Å². The summed E-state index contributed by atoms with van der Waals surface area (Å²) in [7, 11) is 0. The predicted molar refractivity (Wildman–Crippen MR) is 88.6 cm³/mol. The normalized spacial score (nSPS) is 17.1. The minimum atomic E-state index is 0.0243. The second kappa shape index (κ2) is 5.19. The number of aromatic nitrogens is 3. The summed E-state index contributed by atoms with van der Waals surface area (Å²) in [6.45, 7) is 3.99. The monoisotopic (exact) mass is 306 g/mol. The first-order valence-corrected chi connectivity index (χ1v) is 7.82. The van der Waals surface area contributed by atoms with Crippen LogP contribution in [0.2, 0.25) is 0 Å². The van der Waals surface area contributed by atoms with Crippen LogP contribution in [0.1, 0.15) is 34.9 Å². The van der Waals surface area contributed by atoms with Crippen LogP contribution in [0.25, 0.3) is 5.65 Å². The highest BCUT2D eigenvalue weighted by Crippen LogP contribution is 2.36. The molecule has 1 N–H and O–H groups in total. The Morgan fingerprint density at radius 2 is 2.04 bits per heavy atom. The standard InChI is InChI=1S/C18H18N4O/c1-11-8-12(2)22-18(19-11)16-14(9-13-6-4-3-5-7-13)10-15(23)20-17(16)21-22/h3-8,14H,9-10H2,1-2H3,(H,20,21,23). The fourth-order valence-electron chi connectivity index (χ4n) is 3.39. The molecule has 1 aromatic carbocycles. The molecule has 1 aliphatic rings. The Morgan fingerprint density at radius 1 is 1.26 bits per heavy atom. The van der Waals surface area contributed by atoms with Gasteiger partial charge in [-0.3, -0.25) is 4.79 Å². The maximum absolute atomic E-state index is 12.1. The van der Waals surface area contributed by atoms with Gasteiger partial charge in [0.2, 0.25) is 5.91 Å².